The number of aromatic nitrogens is 2. The number of rotatable bonds is 3. The number of hydrogen-bond donors (Lipinski definition) is 1. The van der Waals surface area contributed by atoms with Crippen LogP contribution in [0.25, 0.3) is 10.6 Å². The molecule has 0 aliphatic carbocycles. The van der Waals surface area contributed by atoms with Crippen LogP contribution in [0.4, 0.5) is 0 Å². The minimum absolute atomic E-state index is 0.808. The second-order valence-corrected chi connectivity index (χ2v) is 4.48. The van der Waals surface area contributed by atoms with Crippen LogP contribution in [0.5, 0.6) is 0 Å². The van der Waals surface area contributed by atoms with Crippen LogP contribution in [-0.2, 0) is 13.6 Å². The summed E-state index contributed by atoms with van der Waals surface area (Å²) in [6.07, 6.45) is 0. The maximum absolute atomic E-state index is 4.65. The minimum atomic E-state index is 0.808. The Hall–Kier alpha value is -1.13. The molecule has 2 aromatic heterocycles. The zero-order valence-electron chi connectivity index (χ0n) is 9.24. The molecule has 4 heteroatoms. The first-order chi connectivity index (χ1) is 7.24. The lowest BCUT2D eigenvalue weighted by Crippen LogP contribution is -2.10. The Labute approximate surface area is 93.8 Å². The lowest BCUT2D eigenvalue weighted by atomic mass is 10.3. The maximum atomic E-state index is 4.65. The molecule has 2 aromatic rings. The summed E-state index contributed by atoms with van der Waals surface area (Å²) in [4.78, 5) is 5.89. The zero-order valence-corrected chi connectivity index (χ0v) is 10.1. The molecule has 0 saturated carbocycles. The Morgan fingerprint density at radius 3 is 2.93 bits per heavy atom. The molecule has 0 unspecified atom stereocenters. The highest BCUT2D eigenvalue weighted by Gasteiger charge is 2.12. The molecule has 0 aliphatic heterocycles. The number of hydrogen-bond acceptors (Lipinski definition) is 3. The highest BCUT2D eigenvalue weighted by atomic mass is 32.1. The van der Waals surface area contributed by atoms with Crippen molar-refractivity contribution in [2.75, 3.05) is 7.05 Å². The molecule has 0 aliphatic rings. The van der Waals surface area contributed by atoms with Crippen molar-refractivity contribution in [3.8, 4) is 10.6 Å². The van der Waals surface area contributed by atoms with Crippen LogP contribution in [0.3, 0.4) is 0 Å². The molecule has 2 heterocycles. The summed E-state index contributed by atoms with van der Waals surface area (Å²) in [6, 6.07) is 4.18. The fourth-order valence-corrected chi connectivity index (χ4v) is 2.37. The van der Waals surface area contributed by atoms with Crippen molar-refractivity contribution >= 4 is 11.3 Å². The summed E-state index contributed by atoms with van der Waals surface area (Å²) >= 11 is 1.73. The first-order valence-corrected chi connectivity index (χ1v) is 5.82. The van der Waals surface area contributed by atoms with Crippen molar-refractivity contribution in [3.63, 3.8) is 0 Å². The topological polar surface area (TPSA) is 29.9 Å². The molecule has 0 atom stereocenters. The Kier molecular flexibility index (Phi) is 2.88. The van der Waals surface area contributed by atoms with Crippen molar-refractivity contribution in [3.05, 3.63) is 29.0 Å². The van der Waals surface area contributed by atoms with Gasteiger partial charge < -0.3 is 9.88 Å². The molecule has 0 aromatic carbocycles. The molecule has 1 N–H and O–H groups in total. The summed E-state index contributed by atoms with van der Waals surface area (Å²) in [7, 11) is 4.00. The molecule has 0 fully saturated rings. The van der Waals surface area contributed by atoms with Gasteiger partial charge in [-0.1, -0.05) is 6.07 Å². The van der Waals surface area contributed by atoms with Gasteiger partial charge in [0.05, 0.1) is 11.4 Å². The molecular weight excluding hydrogens is 206 g/mol. The van der Waals surface area contributed by atoms with Gasteiger partial charge in [0.2, 0.25) is 0 Å². The third-order valence-electron chi connectivity index (χ3n) is 2.56. The Morgan fingerprint density at radius 1 is 1.53 bits per heavy atom. The minimum Gasteiger partial charge on any atom is -0.334 e. The van der Waals surface area contributed by atoms with Gasteiger partial charge in [-0.05, 0) is 25.4 Å². The summed E-state index contributed by atoms with van der Waals surface area (Å²) in [5.41, 5.74) is 2.33. The summed E-state index contributed by atoms with van der Waals surface area (Å²) in [6.45, 7) is 2.92. The van der Waals surface area contributed by atoms with Crippen molar-refractivity contribution in [2.45, 2.75) is 13.5 Å². The van der Waals surface area contributed by atoms with E-state index in [1.165, 1.54) is 10.6 Å². The number of thiophene rings is 1. The molecule has 3 nitrogen and oxygen atoms in total. The van der Waals surface area contributed by atoms with Gasteiger partial charge in [-0.25, -0.2) is 4.98 Å². The van der Waals surface area contributed by atoms with Crippen LogP contribution in [0, 0.1) is 6.92 Å². The fourth-order valence-electron chi connectivity index (χ4n) is 1.60. The van der Waals surface area contributed by atoms with Gasteiger partial charge >= 0.3 is 0 Å². The van der Waals surface area contributed by atoms with Crippen LogP contribution in [0.15, 0.2) is 17.5 Å². The third-order valence-corrected chi connectivity index (χ3v) is 3.44. The van der Waals surface area contributed by atoms with Crippen molar-refractivity contribution in [1.82, 2.24) is 14.9 Å². The monoisotopic (exact) mass is 221 g/mol. The normalized spacial score (nSPS) is 10.9. The fraction of sp³-hybridized carbons (Fsp3) is 0.364. The third kappa shape index (κ3) is 1.82. The average molecular weight is 221 g/mol. The highest BCUT2D eigenvalue weighted by Crippen LogP contribution is 2.26. The SMILES string of the molecule is CNCc1nc(-c2cccs2)c(C)n1C. The van der Waals surface area contributed by atoms with E-state index in [1.807, 2.05) is 7.05 Å². The van der Waals surface area contributed by atoms with E-state index < -0.39 is 0 Å². The number of imidazole rings is 1. The number of nitrogens with zero attached hydrogens (tertiary/aromatic N) is 2. The lowest BCUT2D eigenvalue weighted by Gasteiger charge is -2.00. The van der Waals surface area contributed by atoms with E-state index in [4.69, 9.17) is 0 Å². The molecule has 0 radical (unpaired) electrons. The van der Waals surface area contributed by atoms with E-state index in [0.29, 0.717) is 0 Å². The van der Waals surface area contributed by atoms with Crippen LogP contribution in [-0.4, -0.2) is 16.6 Å². The second kappa shape index (κ2) is 4.16. The predicted molar refractivity (Wildman–Crippen MR) is 64.0 cm³/mol. The largest absolute Gasteiger partial charge is 0.334 e. The van der Waals surface area contributed by atoms with Gasteiger partial charge in [-0.15, -0.1) is 11.3 Å². The predicted octanol–water partition coefficient (Wildman–Crippen LogP) is 2.18. The standard InChI is InChI=1S/C11H15N3S/c1-8-11(9-5-4-6-15-9)13-10(7-12-2)14(8)3/h4-6,12H,7H2,1-3H3. The highest BCUT2D eigenvalue weighted by molar-refractivity contribution is 7.13. The smallest absolute Gasteiger partial charge is 0.123 e. The average Bonchev–Trinajstić information content (AvgIpc) is 2.82. The molecular formula is C11H15N3S. The molecule has 0 amide bonds. The van der Waals surface area contributed by atoms with Crippen LogP contribution in [0.1, 0.15) is 11.5 Å². The summed E-state index contributed by atoms with van der Waals surface area (Å²) in [5.74, 6) is 1.08. The van der Waals surface area contributed by atoms with E-state index in [-0.39, 0.29) is 0 Å². The van der Waals surface area contributed by atoms with E-state index in [0.717, 1.165) is 18.1 Å². The van der Waals surface area contributed by atoms with Gasteiger partial charge in [0.1, 0.15) is 11.5 Å². The van der Waals surface area contributed by atoms with Gasteiger partial charge in [0.25, 0.3) is 0 Å². The summed E-state index contributed by atoms with van der Waals surface area (Å²) < 4.78 is 2.14. The van der Waals surface area contributed by atoms with E-state index >= 15 is 0 Å². The van der Waals surface area contributed by atoms with Crippen LogP contribution in [0.2, 0.25) is 0 Å². The van der Waals surface area contributed by atoms with Gasteiger partial charge in [-0.2, -0.15) is 0 Å². The first-order valence-electron chi connectivity index (χ1n) is 4.94. The quantitative estimate of drug-likeness (QED) is 0.861. The van der Waals surface area contributed by atoms with Crippen molar-refractivity contribution in [2.24, 2.45) is 7.05 Å². The molecule has 80 valence electrons. The first kappa shape index (κ1) is 10.4. The molecule has 15 heavy (non-hydrogen) atoms. The zero-order chi connectivity index (χ0) is 10.8. The van der Waals surface area contributed by atoms with Gasteiger partial charge in [0.15, 0.2) is 0 Å². The molecule has 0 saturated heterocycles. The Morgan fingerprint density at radius 2 is 2.33 bits per heavy atom. The maximum Gasteiger partial charge on any atom is 0.123 e. The van der Waals surface area contributed by atoms with E-state index in [1.54, 1.807) is 11.3 Å². The molecule has 0 spiro atoms. The number of nitrogens with one attached hydrogen (secondary N) is 1. The van der Waals surface area contributed by atoms with Gasteiger partial charge in [0, 0.05) is 12.7 Å². The van der Waals surface area contributed by atoms with Crippen molar-refractivity contribution < 1.29 is 0 Å². The Bertz CT molecular complexity index is 443. The molecule has 2 rings (SSSR count). The van der Waals surface area contributed by atoms with Crippen molar-refractivity contribution in [1.29, 1.82) is 0 Å². The van der Waals surface area contributed by atoms with E-state index in [2.05, 4.69) is 46.4 Å². The lowest BCUT2D eigenvalue weighted by molar-refractivity contribution is 0.701. The molecule has 0 bridgehead atoms. The Balaban J connectivity index is 2.45. The van der Waals surface area contributed by atoms with E-state index in [9.17, 15) is 0 Å². The summed E-state index contributed by atoms with van der Waals surface area (Å²) in [5, 5.41) is 5.22. The van der Waals surface area contributed by atoms with Crippen LogP contribution < -0.4 is 5.32 Å². The van der Waals surface area contributed by atoms with Gasteiger partial charge in [-0.3, -0.25) is 0 Å². The van der Waals surface area contributed by atoms with Crippen LogP contribution >= 0.6 is 11.3 Å². The second-order valence-electron chi connectivity index (χ2n) is 3.53.